The van der Waals surface area contributed by atoms with E-state index in [0.29, 0.717) is 26.1 Å². The van der Waals surface area contributed by atoms with Gasteiger partial charge in [0, 0.05) is 37.3 Å². The van der Waals surface area contributed by atoms with E-state index in [9.17, 15) is 10.1 Å². The Morgan fingerprint density at radius 1 is 1.53 bits per heavy atom. The van der Waals surface area contributed by atoms with E-state index in [-0.39, 0.29) is 11.9 Å². The summed E-state index contributed by atoms with van der Waals surface area (Å²) in [5, 5.41) is 9.37. The second kappa shape index (κ2) is 5.28. The third kappa shape index (κ3) is 2.43. The lowest BCUT2D eigenvalue weighted by Gasteiger charge is -2.39. The fourth-order valence-electron chi connectivity index (χ4n) is 2.40. The maximum atomic E-state index is 12.6. The van der Waals surface area contributed by atoms with Crippen LogP contribution < -0.4 is 0 Å². The van der Waals surface area contributed by atoms with Crippen molar-refractivity contribution in [3.05, 3.63) is 0 Å². The lowest BCUT2D eigenvalue weighted by Crippen LogP contribution is -2.52. The number of carbonyl (C=O) groups is 1. The van der Waals surface area contributed by atoms with Gasteiger partial charge in [0.1, 0.15) is 5.41 Å². The SMILES string of the molecule is CC1CSCCN1C(=O)C1(C#N)CCOCC1. The van der Waals surface area contributed by atoms with Crippen molar-refractivity contribution in [3.63, 3.8) is 0 Å². The Bertz CT molecular complexity index is 334. The molecule has 0 spiro atoms. The Balaban J connectivity index is 2.13. The first-order valence-electron chi connectivity index (χ1n) is 6.07. The molecule has 2 aliphatic heterocycles. The number of nitrogens with zero attached hydrogens (tertiary/aromatic N) is 2. The summed E-state index contributed by atoms with van der Waals surface area (Å²) in [6.07, 6.45) is 1.08. The molecule has 1 amide bonds. The van der Waals surface area contributed by atoms with Crippen molar-refractivity contribution >= 4 is 17.7 Å². The molecular weight excluding hydrogens is 236 g/mol. The first-order chi connectivity index (χ1) is 8.19. The van der Waals surface area contributed by atoms with Crippen molar-refractivity contribution in [2.24, 2.45) is 5.41 Å². The largest absolute Gasteiger partial charge is 0.381 e. The maximum Gasteiger partial charge on any atom is 0.243 e. The molecule has 0 aromatic carbocycles. The number of carbonyl (C=O) groups excluding carboxylic acids is 1. The van der Waals surface area contributed by atoms with Crippen LogP contribution in [-0.2, 0) is 9.53 Å². The van der Waals surface area contributed by atoms with Crippen LogP contribution in [0.2, 0.25) is 0 Å². The first-order valence-corrected chi connectivity index (χ1v) is 7.23. The van der Waals surface area contributed by atoms with Crippen LogP contribution in [0, 0.1) is 16.7 Å². The Labute approximate surface area is 106 Å². The van der Waals surface area contributed by atoms with Crippen molar-refractivity contribution < 1.29 is 9.53 Å². The van der Waals surface area contributed by atoms with Gasteiger partial charge in [0.15, 0.2) is 0 Å². The number of amides is 1. The van der Waals surface area contributed by atoms with Gasteiger partial charge < -0.3 is 9.64 Å². The maximum absolute atomic E-state index is 12.6. The zero-order valence-corrected chi connectivity index (χ0v) is 11.0. The van der Waals surface area contributed by atoms with E-state index in [1.165, 1.54) is 0 Å². The fraction of sp³-hybridized carbons (Fsp3) is 0.833. The molecule has 2 heterocycles. The number of ether oxygens (including phenoxy) is 1. The highest BCUT2D eigenvalue weighted by Crippen LogP contribution is 2.33. The number of hydrogen-bond donors (Lipinski definition) is 0. The van der Waals surface area contributed by atoms with Crippen LogP contribution in [0.5, 0.6) is 0 Å². The molecule has 0 aromatic rings. The van der Waals surface area contributed by atoms with Gasteiger partial charge >= 0.3 is 0 Å². The molecule has 1 atom stereocenters. The van der Waals surface area contributed by atoms with E-state index >= 15 is 0 Å². The van der Waals surface area contributed by atoms with Gasteiger partial charge in [-0.1, -0.05) is 0 Å². The minimum atomic E-state index is -0.825. The van der Waals surface area contributed by atoms with E-state index in [4.69, 9.17) is 4.74 Å². The Morgan fingerprint density at radius 2 is 2.24 bits per heavy atom. The molecule has 2 rings (SSSR count). The lowest BCUT2D eigenvalue weighted by molar-refractivity contribution is -0.145. The monoisotopic (exact) mass is 254 g/mol. The van der Waals surface area contributed by atoms with Crippen molar-refractivity contribution in [3.8, 4) is 6.07 Å². The van der Waals surface area contributed by atoms with Crippen LogP contribution in [0.1, 0.15) is 19.8 Å². The van der Waals surface area contributed by atoms with Gasteiger partial charge in [-0.15, -0.1) is 0 Å². The van der Waals surface area contributed by atoms with Crippen LogP contribution in [-0.4, -0.2) is 48.1 Å². The molecule has 1 unspecified atom stereocenters. The highest BCUT2D eigenvalue weighted by molar-refractivity contribution is 7.99. The summed E-state index contributed by atoms with van der Waals surface area (Å²) in [4.78, 5) is 14.4. The second-order valence-corrected chi connectivity index (χ2v) is 5.88. The molecule has 0 aromatic heterocycles. The van der Waals surface area contributed by atoms with E-state index < -0.39 is 5.41 Å². The number of rotatable bonds is 1. The standard InChI is InChI=1S/C12H18N2O2S/c1-10-8-17-7-4-14(10)11(15)12(9-13)2-5-16-6-3-12/h10H,2-8H2,1H3. The molecule has 0 N–H and O–H groups in total. The Kier molecular flexibility index (Phi) is 3.95. The van der Waals surface area contributed by atoms with Crippen LogP contribution in [0.3, 0.4) is 0 Å². The van der Waals surface area contributed by atoms with Gasteiger partial charge in [0.2, 0.25) is 5.91 Å². The average molecular weight is 254 g/mol. The molecule has 17 heavy (non-hydrogen) atoms. The summed E-state index contributed by atoms with van der Waals surface area (Å²) < 4.78 is 5.26. The normalized spacial score (nSPS) is 28.5. The van der Waals surface area contributed by atoms with Gasteiger partial charge in [-0.2, -0.15) is 17.0 Å². The molecule has 4 nitrogen and oxygen atoms in total. The predicted molar refractivity (Wildman–Crippen MR) is 66.6 cm³/mol. The Hall–Kier alpha value is -0.730. The average Bonchev–Trinajstić information content (AvgIpc) is 2.39. The summed E-state index contributed by atoms with van der Waals surface area (Å²) in [5.74, 6) is 1.98. The molecule has 0 radical (unpaired) electrons. The summed E-state index contributed by atoms with van der Waals surface area (Å²) in [7, 11) is 0. The van der Waals surface area contributed by atoms with E-state index in [0.717, 1.165) is 18.1 Å². The van der Waals surface area contributed by atoms with Gasteiger partial charge in [0.05, 0.1) is 6.07 Å². The van der Waals surface area contributed by atoms with Crippen LogP contribution in [0.4, 0.5) is 0 Å². The molecule has 2 aliphatic rings. The number of thioether (sulfide) groups is 1. The summed E-state index contributed by atoms with van der Waals surface area (Å²) >= 11 is 1.88. The summed E-state index contributed by atoms with van der Waals surface area (Å²) in [5.41, 5.74) is -0.825. The molecule has 0 saturated carbocycles. The van der Waals surface area contributed by atoms with Gasteiger partial charge in [-0.3, -0.25) is 4.79 Å². The quantitative estimate of drug-likeness (QED) is 0.707. The van der Waals surface area contributed by atoms with Gasteiger partial charge in [-0.25, -0.2) is 0 Å². The summed E-state index contributed by atoms with van der Waals surface area (Å²) in [6.45, 7) is 3.88. The molecule has 0 bridgehead atoms. The van der Waals surface area contributed by atoms with E-state index in [1.54, 1.807) is 0 Å². The van der Waals surface area contributed by atoms with Crippen LogP contribution in [0.25, 0.3) is 0 Å². The fourth-order valence-corrected chi connectivity index (χ4v) is 3.41. The number of hydrogen-bond acceptors (Lipinski definition) is 4. The molecule has 5 heteroatoms. The summed E-state index contributed by atoms with van der Waals surface area (Å²) in [6, 6.07) is 2.50. The molecule has 2 fully saturated rings. The molecule has 2 saturated heterocycles. The van der Waals surface area contributed by atoms with Crippen LogP contribution >= 0.6 is 11.8 Å². The highest BCUT2D eigenvalue weighted by atomic mass is 32.2. The first kappa shape index (κ1) is 12.7. The van der Waals surface area contributed by atoms with Crippen molar-refractivity contribution in [1.82, 2.24) is 4.90 Å². The van der Waals surface area contributed by atoms with Crippen LogP contribution in [0.15, 0.2) is 0 Å². The van der Waals surface area contributed by atoms with Crippen molar-refractivity contribution in [2.75, 3.05) is 31.3 Å². The zero-order valence-electron chi connectivity index (χ0n) is 10.1. The highest BCUT2D eigenvalue weighted by Gasteiger charge is 2.44. The minimum Gasteiger partial charge on any atom is -0.381 e. The molecular formula is C12H18N2O2S. The molecule has 94 valence electrons. The topological polar surface area (TPSA) is 53.3 Å². The van der Waals surface area contributed by atoms with Crippen molar-refractivity contribution in [1.29, 1.82) is 5.26 Å². The minimum absolute atomic E-state index is 0.0242. The third-order valence-corrected chi connectivity index (χ3v) is 4.79. The van der Waals surface area contributed by atoms with Gasteiger partial charge in [0.25, 0.3) is 0 Å². The number of nitriles is 1. The smallest absolute Gasteiger partial charge is 0.243 e. The van der Waals surface area contributed by atoms with Crippen molar-refractivity contribution in [2.45, 2.75) is 25.8 Å². The predicted octanol–water partition coefficient (Wildman–Crippen LogP) is 1.27. The second-order valence-electron chi connectivity index (χ2n) is 4.73. The Morgan fingerprint density at radius 3 is 2.82 bits per heavy atom. The van der Waals surface area contributed by atoms with Gasteiger partial charge in [-0.05, 0) is 19.8 Å². The lowest BCUT2D eigenvalue weighted by atomic mass is 9.80. The molecule has 0 aliphatic carbocycles. The third-order valence-electron chi connectivity index (χ3n) is 3.60. The van der Waals surface area contributed by atoms with E-state index in [1.807, 2.05) is 16.7 Å². The zero-order chi connectivity index (χ0) is 12.3. The van der Waals surface area contributed by atoms with E-state index in [2.05, 4.69) is 13.0 Å².